The lowest BCUT2D eigenvalue weighted by Crippen LogP contribution is -2.08. The van der Waals surface area contributed by atoms with E-state index in [0.29, 0.717) is 18.8 Å². The second-order valence-corrected chi connectivity index (χ2v) is 4.11. The Morgan fingerprint density at radius 1 is 0.900 bits per heavy atom. The summed E-state index contributed by atoms with van der Waals surface area (Å²) in [4.78, 5) is 0. The molecule has 0 atom stereocenters. The van der Waals surface area contributed by atoms with E-state index in [1.807, 2.05) is 31.3 Å². The molecule has 0 aliphatic rings. The van der Waals surface area contributed by atoms with E-state index in [2.05, 4.69) is 11.4 Å². The number of anilines is 1. The summed E-state index contributed by atoms with van der Waals surface area (Å²) in [5.74, 6) is 1.55. The zero-order valence-corrected chi connectivity index (χ0v) is 11.3. The molecule has 0 aliphatic heterocycles. The van der Waals surface area contributed by atoms with Gasteiger partial charge in [-0.2, -0.15) is 5.26 Å². The number of rotatable bonds is 6. The molecule has 0 fully saturated rings. The molecule has 2 rings (SSSR count). The summed E-state index contributed by atoms with van der Waals surface area (Å²) in [6.45, 7) is 0.929. The van der Waals surface area contributed by atoms with Crippen molar-refractivity contribution in [3.63, 3.8) is 0 Å². The van der Waals surface area contributed by atoms with Crippen LogP contribution in [0.5, 0.6) is 11.5 Å². The van der Waals surface area contributed by atoms with Crippen LogP contribution < -0.4 is 14.8 Å². The van der Waals surface area contributed by atoms with Crippen molar-refractivity contribution in [2.24, 2.45) is 0 Å². The van der Waals surface area contributed by atoms with E-state index in [0.717, 1.165) is 17.2 Å². The number of benzene rings is 2. The quantitative estimate of drug-likeness (QED) is 0.818. The summed E-state index contributed by atoms with van der Waals surface area (Å²) in [5.41, 5.74) is 1.67. The Kier molecular flexibility index (Phi) is 4.85. The monoisotopic (exact) mass is 268 g/mol. The highest BCUT2D eigenvalue weighted by Gasteiger charge is 1.97. The molecule has 2 aromatic rings. The maximum absolute atomic E-state index is 8.69. The van der Waals surface area contributed by atoms with Gasteiger partial charge < -0.3 is 14.8 Å². The highest BCUT2D eigenvalue weighted by Crippen LogP contribution is 2.15. The smallest absolute Gasteiger partial charge is 0.122 e. The summed E-state index contributed by atoms with van der Waals surface area (Å²) in [6.07, 6.45) is 0. The van der Waals surface area contributed by atoms with Crippen LogP contribution in [0.15, 0.2) is 48.5 Å². The van der Waals surface area contributed by atoms with Crippen molar-refractivity contribution in [3.05, 3.63) is 54.1 Å². The van der Waals surface area contributed by atoms with Crippen molar-refractivity contribution in [2.45, 2.75) is 0 Å². The van der Waals surface area contributed by atoms with Gasteiger partial charge in [0.1, 0.15) is 24.7 Å². The van der Waals surface area contributed by atoms with Crippen LogP contribution in [0.1, 0.15) is 5.56 Å². The van der Waals surface area contributed by atoms with Gasteiger partial charge in [0, 0.05) is 12.7 Å². The van der Waals surface area contributed by atoms with Crippen molar-refractivity contribution < 1.29 is 9.47 Å². The van der Waals surface area contributed by atoms with Crippen LogP contribution >= 0.6 is 0 Å². The Bertz CT molecular complexity index is 571. The molecule has 4 heteroatoms. The lowest BCUT2D eigenvalue weighted by molar-refractivity contribution is 0.217. The Morgan fingerprint density at radius 3 is 1.85 bits per heavy atom. The molecule has 20 heavy (non-hydrogen) atoms. The molecule has 0 aromatic heterocycles. The Labute approximate surface area is 118 Å². The molecule has 0 spiro atoms. The molecule has 0 aliphatic carbocycles. The summed E-state index contributed by atoms with van der Waals surface area (Å²) in [6, 6.07) is 16.8. The first-order chi connectivity index (χ1) is 9.81. The molecule has 0 saturated heterocycles. The number of hydrogen-bond donors (Lipinski definition) is 1. The van der Waals surface area contributed by atoms with E-state index in [4.69, 9.17) is 14.7 Å². The van der Waals surface area contributed by atoms with E-state index < -0.39 is 0 Å². The van der Waals surface area contributed by atoms with E-state index >= 15 is 0 Å². The molecule has 0 bridgehead atoms. The van der Waals surface area contributed by atoms with Gasteiger partial charge in [-0.05, 0) is 48.5 Å². The van der Waals surface area contributed by atoms with Crippen LogP contribution in [0, 0.1) is 11.3 Å². The van der Waals surface area contributed by atoms with E-state index in [-0.39, 0.29) is 0 Å². The number of nitriles is 1. The fraction of sp³-hybridized carbons (Fsp3) is 0.188. The second-order valence-electron chi connectivity index (χ2n) is 4.11. The number of nitrogens with one attached hydrogen (secondary N) is 1. The topological polar surface area (TPSA) is 54.3 Å². The van der Waals surface area contributed by atoms with Crippen LogP contribution in [0.4, 0.5) is 5.69 Å². The standard InChI is InChI=1S/C16H16N2O2/c1-18-14-4-8-16(9-5-14)20-11-10-19-15-6-2-13(12-17)3-7-15/h2-9,18H,10-11H2,1H3. The fourth-order valence-corrected chi connectivity index (χ4v) is 1.66. The molecule has 0 heterocycles. The molecule has 102 valence electrons. The first-order valence-electron chi connectivity index (χ1n) is 6.35. The highest BCUT2D eigenvalue weighted by atomic mass is 16.5. The maximum Gasteiger partial charge on any atom is 0.122 e. The second kappa shape index (κ2) is 7.05. The predicted molar refractivity (Wildman–Crippen MR) is 78.1 cm³/mol. The summed E-state index contributed by atoms with van der Waals surface area (Å²) in [5, 5.41) is 11.7. The molecular formula is C16H16N2O2. The first-order valence-corrected chi connectivity index (χ1v) is 6.35. The molecular weight excluding hydrogens is 252 g/mol. The third-order valence-electron chi connectivity index (χ3n) is 2.75. The highest BCUT2D eigenvalue weighted by molar-refractivity contribution is 5.45. The van der Waals surface area contributed by atoms with E-state index in [1.54, 1.807) is 24.3 Å². The minimum Gasteiger partial charge on any atom is -0.490 e. The molecule has 0 unspecified atom stereocenters. The van der Waals surface area contributed by atoms with Crippen molar-refractivity contribution in [1.29, 1.82) is 5.26 Å². The summed E-state index contributed by atoms with van der Waals surface area (Å²) in [7, 11) is 1.88. The van der Waals surface area contributed by atoms with Gasteiger partial charge in [0.2, 0.25) is 0 Å². The van der Waals surface area contributed by atoms with Gasteiger partial charge in [-0.25, -0.2) is 0 Å². The first kappa shape index (κ1) is 13.8. The van der Waals surface area contributed by atoms with Crippen molar-refractivity contribution in [1.82, 2.24) is 0 Å². The van der Waals surface area contributed by atoms with Gasteiger partial charge in [-0.15, -0.1) is 0 Å². The average molecular weight is 268 g/mol. The lowest BCUT2D eigenvalue weighted by atomic mass is 10.2. The zero-order chi connectivity index (χ0) is 14.2. The van der Waals surface area contributed by atoms with Crippen molar-refractivity contribution in [3.8, 4) is 17.6 Å². The predicted octanol–water partition coefficient (Wildman–Crippen LogP) is 3.06. The Balaban J connectivity index is 1.74. The van der Waals surface area contributed by atoms with Gasteiger partial charge in [0.05, 0.1) is 11.6 Å². The molecule has 0 amide bonds. The van der Waals surface area contributed by atoms with Crippen LogP contribution in [0.2, 0.25) is 0 Å². The minimum absolute atomic E-state index is 0.458. The van der Waals surface area contributed by atoms with Crippen LogP contribution in [-0.4, -0.2) is 20.3 Å². The van der Waals surface area contributed by atoms with Crippen molar-refractivity contribution in [2.75, 3.05) is 25.6 Å². The van der Waals surface area contributed by atoms with Gasteiger partial charge >= 0.3 is 0 Å². The normalized spacial score (nSPS) is 9.60. The Hall–Kier alpha value is -2.67. The van der Waals surface area contributed by atoms with Crippen LogP contribution in [0.25, 0.3) is 0 Å². The molecule has 1 N–H and O–H groups in total. The van der Waals surface area contributed by atoms with E-state index in [1.165, 1.54) is 0 Å². The third-order valence-corrected chi connectivity index (χ3v) is 2.75. The SMILES string of the molecule is CNc1ccc(OCCOc2ccc(C#N)cc2)cc1. The minimum atomic E-state index is 0.458. The lowest BCUT2D eigenvalue weighted by Gasteiger charge is -2.09. The number of ether oxygens (including phenoxy) is 2. The van der Waals surface area contributed by atoms with Gasteiger partial charge in [0.25, 0.3) is 0 Å². The maximum atomic E-state index is 8.69. The van der Waals surface area contributed by atoms with Gasteiger partial charge in [-0.1, -0.05) is 0 Å². The number of hydrogen-bond acceptors (Lipinski definition) is 4. The average Bonchev–Trinajstić information content (AvgIpc) is 2.53. The van der Waals surface area contributed by atoms with E-state index in [9.17, 15) is 0 Å². The molecule has 0 saturated carbocycles. The van der Waals surface area contributed by atoms with Crippen LogP contribution in [-0.2, 0) is 0 Å². The molecule has 2 aromatic carbocycles. The number of nitrogens with zero attached hydrogens (tertiary/aromatic N) is 1. The van der Waals surface area contributed by atoms with Crippen molar-refractivity contribution >= 4 is 5.69 Å². The largest absolute Gasteiger partial charge is 0.490 e. The van der Waals surface area contributed by atoms with Gasteiger partial charge in [-0.3, -0.25) is 0 Å². The molecule has 4 nitrogen and oxygen atoms in total. The third kappa shape index (κ3) is 3.92. The van der Waals surface area contributed by atoms with Crippen LogP contribution in [0.3, 0.4) is 0 Å². The summed E-state index contributed by atoms with van der Waals surface area (Å²) < 4.78 is 11.1. The molecule has 0 radical (unpaired) electrons. The zero-order valence-electron chi connectivity index (χ0n) is 11.3. The van der Waals surface area contributed by atoms with Gasteiger partial charge in [0.15, 0.2) is 0 Å². The fourth-order valence-electron chi connectivity index (χ4n) is 1.66. The summed E-state index contributed by atoms with van der Waals surface area (Å²) >= 11 is 0. The Morgan fingerprint density at radius 2 is 1.40 bits per heavy atom.